The van der Waals surface area contributed by atoms with Gasteiger partial charge in [0.1, 0.15) is 23.9 Å². The van der Waals surface area contributed by atoms with E-state index < -0.39 is 17.7 Å². The van der Waals surface area contributed by atoms with Crippen LogP contribution in [0.4, 0.5) is 8.78 Å². The molecule has 0 aliphatic carbocycles. The number of likely N-dealkylation sites (tertiary alicyclic amines) is 1. The molecule has 1 saturated heterocycles. The third kappa shape index (κ3) is 5.06. The van der Waals surface area contributed by atoms with Crippen molar-refractivity contribution in [2.75, 3.05) is 13.1 Å². The van der Waals surface area contributed by atoms with Crippen LogP contribution in [0.3, 0.4) is 0 Å². The first kappa shape index (κ1) is 23.8. The summed E-state index contributed by atoms with van der Waals surface area (Å²) in [6.45, 7) is 1.17. The largest absolute Gasteiger partial charge is 0.387 e. The first-order chi connectivity index (χ1) is 16.9. The molecule has 11 heteroatoms. The summed E-state index contributed by atoms with van der Waals surface area (Å²) >= 11 is 4.84. The smallest absolute Gasteiger partial charge is 0.251 e. The van der Waals surface area contributed by atoms with Gasteiger partial charge in [-0.15, -0.1) is 11.3 Å². The maximum absolute atomic E-state index is 14.1. The van der Waals surface area contributed by atoms with E-state index in [1.807, 2.05) is 5.38 Å². The van der Waals surface area contributed by atoms with Crippen LogP contribution in [0.1, 0.15) is 47.5 Å². The highest BCUT2D eigenvalue weighted by Crippen LogP contribution is 2.35. The van der Waals surface area contributed by atoms with Gasteiger partial charge in [-0.1, -0.05) is 11.2 Å². The van der Waals surface area contributed by atoms with Crippen LogP contribution >= 0.6 is 27.3 Å². The van der Waals surface area contributed by atoms with E-state index in [4.69, 9.17) is 9.82 Å². The van der Waals surface area contributed by atoms with Gasteiger partial charge < -0.3 is 14.3 Å². The molecule has 2 aliphatic rings. The molecule has 0 saturated carbocycles. The van der Waals surface area contributed by atoms with Crippen molar-refractivity contribution >= 4 is 38.9 Å². The van der Waals surface area contributed by atoms with Crippen LogP contribution < -0.4 is 5.56 Å². The van der Waals surface area contributed by atoms with Crippen LogP contribution in [-0.4, -0.2) is 39.2 Å². The Hall–Kier alpha value is -2.92. The van der Waals surface area contributed by atoms with Crippen LogP contribution in [0, 0.1) is 11.6 Å². The molecular formula is C24H21BrF2N4O3S. The topological polar surface area (TPSA) is 76.8 Å². The Morgan fingerprint density at radius 2 is 1.91 bits per heavy atom. The Morgan fingerprint density at radius 3 is 2.66 bits per heavy atom. The molecule has 0 bridgehead atoms. The summed E-state index contributed by atoms with van der Waals surface area (Å²) in [6.07, 6.45) is 2.56. The number of thiazole rings is 1. The molecule has 1 fully saturated rings. The van der Waals surface area contributed by atoms with Crippen molar-refractivity contribution in [3.8, 4) is 0 Å². The SMILES string of the molecule is O=C(Cn1cc(Br)ccc1=O)N1CCC(c2nc(C3=NOC(c4c(F)cccc4F)C3)cs2)CC1. The molecule has 3 aromatic rings. The highest BCUT2D eigenvalue weighted by molar-refractivity contribution is 9.10. The number of amides is 1. The molecule has 0 N–H and O–H groups in total. The monoisotopic (exact) mass is 562 g/mol. The standard InChI is InChI=1S/C24H21BrF2N4O3S/c25-15-4-5-21(32)31(11-15)12-22(33)30-8-6-14(7-9-30)24-28-19(13-35-24)18-10-20(34-29-18)23-16(26)2-1-3-17(23)27/h1-5,11,13-14,20H,6-10,12H2. The number of rotatable bonds is 5. The maximum atomic E-state index is 14.1. The van der Waals surface area contributed by atoms with Crippen LogP contribution in [0.25, 0.3) is 0 Å². The minimum absolute atomic E-state index is 0.00787. The summed E-state index contributed by atoms with van der Waals surface area (Å²) in [5, 5.41) is 6.86. The molecule has 2 aliphatic heterocycles. The molecule has 1 aromatic carbocycles. The third-order valence-electron chi connectivity index (χ3n) is 6.26. The molecule has 1 atom stereocenters. The molecule has 5 rings (SSSR count). The summed E-state index contributed by atoms with van der Waals surface area (Å²) in [4.78, 5) is 36.5. The number of pyridine rings is 1. The fourth-order valence-electron chi connectivity index (χ4n) is 4.36. The van der Waals surface area contributed by atoms with Crippen LogP contribution in [0.15, 0.2) is 56.3 Å². The zero-order chi connectivity index (χ0) is 24.5. The number of carbonyl (C=O) groups is 1. The summed E-state index contributed by atoms with van der Waals surface area (Å²) in [5.41, 5.74) is 0.874. The van der Waals surface area contributed by atoms with E-state index in [0.29, 0.717) is 24.5 Å². The van der Waals surface area contributed by atoms with Gasteiger partial charge in [-0.05, 0) is 47.0 Å². The van der Waals surface area contributed by atoms with Gasteiger partial charge in [0.15, 0.2) is 6.10 Å². The van der Waals surface area contributed by atoms with Crippen molar-refractivity contribution in [3.63, 3.8) is 0 Å². The van der Waals surface area contributed by atoms with E-state index in [0.717, 1.165) is 22.3 Å². The second kappa shape index (κ2) is 9.98. The number of halogens is 3. The van der Waals surface area contributed by atoms with E-state index in [2.05, 4.69) is 21.1 Å². The fourth-order valence-corrected chi connectivity index (χ4v) is 5.74. The average Bonchev–Trinajstić information content (AvgIpc) is 3.52. The van der Waals surface area contributed by atoms with Gasteiger partial charge in [0.05, 0.1) is 16.3 Å². The highest BCUT2D eigenvalue weighted by Gasteiger charge is 2.31. The number of aromatic nitrogens is 2. The molecule has 4 heterocycles. The normalized spacial score (nSPS) is 18.4. The first-order valence-electron chi connectivity index (χ1n) is 11.1. The first-order valence-corrected chi connectivity index (χ1v) is 12.8. The minimum Gasteiger partial charge on any atom is -0.387 e. The van der Waals surface area contributed by atoms with Crippen molar-refractivity contribution in [1.29, 1.82) is 0 Å². The number of hydrogen-bond acceptors (Lipinski definition) is 6. The van der Waals surface area contributed by atoms with Gasteiger partial charge in [-0.2, -0.15) is 0 Å². The van der Waals surface area contributed by atoms with Gasteiger partial charge in [-0.25, -0.2) is 13.8 Å². The quantitative estimate of drug-likeness (QED) is 0.454. The zero-order valence-corrected chi connectivity index (χ0v) is 20.9. The van der Waals surface area contributed by atoms with Gasteiger partial charge >= 0.3 is 0 Å². The van der Waals surface area contributed by atoms with Crippen LogP contribution in [0.5, 0.6) is 0 Å². The Bertz CT molecular complexity index is 1330. The van der Waals surface area contributed by atoms with E-state index in [9.17, 15) is 18.4 Å². The summed E-state index contributed by atoms with van der Waals surface area (Å²) < 4.78 is 30.3. The molecule has 2 aromatic heterocycles. The number of nitrogens with zero attached hydrogens (tertiary/aromatic N) is 4. The minimum atomic E-state index is -0.816. The van der Waals surface area contributed by atoms with E-state index in [-0.39, 0.29) is 35.9 Å². The number of carbonyl (C=O) groups excluding carboxylic acids is 1. The number of hydrogen-bond donors (Lipinski definition) is 0. The lowest BCUT2D eigenvalue weighted by Crippen LogP contribution is -2.41. The van der Waals surface area contributed by atoms with Crippen molar-refractivity contribution in [2.24, 2.45) is 5.16 Å². The Balaban J connectivity index is 1.18. The number of benzene rings is 1. The Morgan fingerprint density at radius 1 is 1.17 bits per heavy atom. The molecule has 35 heavy (non-hydrogen) atoms. The van der Waals surface area contributed by atoms with Gasteiger partial charge in [-0.3, -0.25) is 9.59 Å². The lowest BCUT2D eigenvalue weighted by molar-refractivity contribution is -0.132. The zero-order valence-electron chi connectivity index (χ0n) is 18.5. The lowest BCUT2D eigenvalue weighted by atomic mass is 9.97. The van der Waals surface area contributed by atoms with Gasteiger partial charge in [0.2, 0.25) is 5.91 Å². The molecule has 1 amide bonds. The predicted octanol–water partition coefficient (Wildman–Crippen LogP) is 4.62. The average molecular weight is 563 g/mol. The molecule has 1 unspecified atom stereocenters. The second-order valence-corrected chi connectivity index (χ2v) is 10.3. The van der Waals surface area contributed by atoms with Gasteiger partial charge in [0.25, 0.3) is 5.56 Å². The van der Waals surface area contributed by atoms with Gasteiger partial charge in [0, 0.05) is 47.5 Å². The molecule has 7 nitrogen and oxygen atoms in total. The summed E-state index contributed by atoms with van der Waals surface area (Å²) in [5.74, 6) is -1.20. The van der Waals surface area contributed by atoms with Crippen LogP contribution in [-0.2, 0) is 16.2 Å². The van der Waals surface area contributed by atoms with Crippen LogP contribution in [0.2, 0.25) is 0 Å². The summed E-state index contributed by atoms with van der Waals surface area (Å²) in [7, 11) is 0. The van der Waals surface area contributed by atoms with Crippen molar-refractivity contribution in [1.82, 2.24) is 14.5 Å². The highest BCUT2D eigenvalue weighted by atomic mass is 79.9. The predicted molar refractivity (Wildman–Crippen MR) is 130 cm³/mol. The van der Waals surface area contributed by atoms with Crippen molar-refractivity contribution in [2.45, 2.75) is 37.8 Å². The Kier molecular flexibility index (Phi) is 6.79. The summed E-state index contributed by atoms with van der Waals surface area (Å²) in [6, 6.07) is 6.80. The molecular weight excluding hydrogens is 542 g/mol. The molecule has 0 radical (unpaired) electrons. The fraction of sp³-hybridized carbons (Fsp3) is 0.333. The van der Waals surface area contributed by atoms with Crippen molar-refractivity contribution in [3.05, 3.63) is 84.6 Å². The van der Waals surface area contributed by atoms with E-state index in [1.54, 1.807) is 17.2 Å². The number of oxime groups is 1. The maximum Gasteiger partial charge on any atom is 0.251 e. The second-order valence-electron chi connectivity index (χ2n) is 8.51. The molecule has 182 valence electrons. The van der Waals surface area contributed by atoms with E-state index >= 15 is 0 Å². The van der Waals surface area contributed by atoms with Crippen molar-refractivity contribution < 1.29 is 18.4 Å². The molecule has 0 spiro atoms. The lowest BCUT2D eigenvalue weighted by Gasteiger charge is -2.31. The third-order valence-corrected chi connectivity index (χ3v) is 7.73. The van der Waals surface area contributed by atoms with E-state index in [1.165, 1.54) is 40.2 Å². The number of piperidine rings is 1. The Labute approximate surface area is 212 Å².